The monoisotopic (exact) mass is 875 g/mol. The summed E-state index contributed by atoms with van der Waals surface area (Å²) in [5.41, 5.74) is 8.65. The average Bonchev–Trinajstić information content (AvgIpc) is 3.95. The number of hydrogen-bond donors (Lipinski definition) is 0. The molecule has 2 aromatic heterocycles. The Morgan fingerprint density at radius 3 is 1.65 bits per heavy atom. The SMILES string of the molecule is c1ccc2cc(-n3c4ccc5c6ccc(-c7ccc8sc9ccc(-c%10ccc%11ccc%12cccc%13ccc%10c%11c%12%13)cc9c8c7)cc6c6ccccc6c5c4c4ccc5ccccc5c43)ccc2c1. The summed E-state index contributed by atoms with van der Waals surface area (Å²) in [4.78, 5) is 0. The Kier molecular flexibility index (Phi) is 7.28. The molecule has 0 fully saturated rings. The third kappa shape index (κ3) is 4.99. The van der Waals surface area contributed by atoms with Gasteiger partial charge >= 0.3 is 0 Å². The molecule has 0 spiro atoms. The Morgan fingerprint density at radius 2 is 0.809 bits per heavy atom. The fraction of sp³-hybridized carbons (Fsp3) is 0. The van der Waals surface area contributed by atoms with Gasteiger partial charge in [-0.05, 0) is 146 Å². The number of benzene rings is 14. The molecule has 16 aromatic rings. The Bertz CT molecular complexity index is 4820. The summed E-state index contributed by atoms with van der Waals surface area (Å²) >= 11 is 1.89. The van der Waals surface area contributed by atoms with E-state index in [0.717, 1.165) is 0 Å². The number of fused-ring (bicyclic) bond motifs is 16. The van der Waals surface area contributed by atoms with E-state index in [-0.39, 0.29) is 0 Å². The van der Waals surface area contributed by atoms with Gasteiger partial charge in [0.25, 0.3) is 0 Å². The molecular formula is C66H37NS. The molecule has 0 atom stereocenters. The largest absolute Gasteiger partial charge is 0.309 e. The molecule has 0 bridgehead atoms. The minimum absolute atomic E-state index is 1.17. The minimum Gasteiger partial charge on any atom is -0.309 e. The Balaban J connectivity index is 0.894. The second-order valence-electron chi connectivity index (χ2n) is 18.7. The first-order valence-electron chi connectivity index (χ1n) is 23.6. The summed E-state index contributed by atoms with van der Waals surface area (Å²) < 4.78 is 5.14. The normalized spacial score (nSPS) is 12.4. The number of rotatable bonds is 3. The molecule has 14 aromatic carbocycles. The van der Waals surface area contributed by atoms with Crippen molar-refractivity contribution >= 4 is 139 Å². The molecule has 1 nitrogen and oxygen atoms in total. The van der Waals surface area contributed by atoms with Crippen LogP contribution >= 0.6 is 11.3 Å². The fourth-order valence-electron chi connectivity index (χ4n) is 12.2. The van der Waals surface area contributed by atoms with Crippen LogP contribution in [0, 0.1) is 0 Å². The van der Waals surface area contributed by atoms with Gasteiger partial charge in [-0.2, -0.15) is 0 Å². The van der Waals surface area contributed by atoms with Gasteiger partial charge in [0.2, 0.25) is 0 Å². The molecule has 312 valence electrons. The van der Waals surface area contributed by atoms with E-state index < -0.39 is 0 Å². The van der Waals surface area contributed by atoms with Crippen LogP contribution in [0.15, 0.2) is 224 Å². The molecule has 0 saturated carbocycles. The van der Waals surface area contributed by atoms with Gasteiger partial charge in [-0.15, -0.1) is 11.3 Å². The van der Waals surface area contributed by atoms with Crippen LogP contribution in [0.2, 0.25) is 0 Å². The molecule has 0 N–H and O–H groups in total. The van der Waals surface area contributed by atoms with Crippen molar-refractivity contribution in [1.29, 1.82) is 0 Å². The second kappa shape index (κ2) is 13.5. The van der Waals surface area contributed by atoms with Crippen molar-refractivity contribution < 1.29 is 0 Å². The van der Waals surface area contributed by atoms with Gasteiger partial charge in [0.05, 0.1) is 11.0 Å². The molecule has 2 heterocycles. The molecule has 0 unspecified atom stereocenters. The highest BCUT2D eigenvalue weighted by atomic mass is 32.1. The van der Waals surface area contributed by atoms with Crippen LogP contribution in [-0.4, -0.2) is 4.57 Å². The van der Waals surface area contributed by atoms with Gasteiger partial charge in [0.1, 0.15) is 0 Å². The Hall–Kier alpha value is -8.56. The van der Waals surface area contributed by atoms with Crippen molar-refractivity contribution in [2.45, 2.75) is 0 Å². The van der Waals surface area contributed by atoms with Crippen molar-refractivity contribution in [3.63, 3.8) is 0 Å². The van der Waals surface area contributed by atoms with Crippen LogP contribution in [0.1, 0.15) is 0 Å². The molecule has 0 amide bonds. The van der Waals surface area contributed by atoms with Crippen LogP contribution < -0.4 is 0 Å². The zero-order valence-corrected chi connectivity index (χ0v) is 37.5. The highest BCUT2D eigenvalue weighted by molar-refractivity contribution is 7.25. The van der Waals surface area contributed by atoms with E-state index >= 15 is 0 Å². The third-order valence-electron chi connectivity index (χ3n) is 15.2. The first kappa shape index (κ1) is 36.6. The van der Waals surface area contributed by atoms with E-state index in [1.807, 2.05) is 11.3 Å². The van der Waals surface area contributed by atoms with Crippen molar-refractivity contribution in [1.82, 2.24) is 4.57 Å². The topological polar surface area (TPSA) is 4.93 Å². The van der Waals surface area contributed by atoms with E-state index in [4.69, 9.17) is 0 Å². The summed E-state index contributed by atoms with van der Waals surface area (Å²) in [7, 11) is 0. The lowest BCUT2D eigenvalue weighted by Gasteiger charge is -2.14. The number of thiophene rings is 1. The van der Waals surface area contributed by atoms with Crippen LogP contribution in [-0.2, 0) is 0 Å². The molecule has 0 saturated heterocycles. The summed E-state index contributed by atoms with van der Waals surface area (Å²) in [6.45, 7) is 0. The second-order valence-corrected chi connectivity index (χ2v) is 19.8. The first-order valence-corrected chi connectivity index (χ1v) is 24.4. The van der Waals surface area contributed by atoms with Crippen LogP contribution in [0.3, 0.4) is 0 Å². The minimum atomic E-state index is 1.17. The smallest absolute Gasteiger partial charge is 0.0619 e. The van der Waals surface area contributed by atoms with Gasteiger partial charge in [-0.1, -0.05) is 176 Å². The van der Waals surface area contributed by atoms with Gasteiger partial charge < -0.3 is 4.57 Å². The van der Waals surface area contributed by atoms with Gasteiger partial charge in [0.15, 0.2) is 0 Å². The van der Waals surface area contributed by atoms with Crippen molar-refractivity contribution in [2.75, 3.05) is 0 Å². The van der Waals surface area contributed by atoms with Crippen molar-refractivity contribution in [2.24, 2.45) is 0 Å². The zero-order valence-electron chi connectivity index (χ0n) is 36.7. The van der Waals surface area contributed by atoms with E-state index in [0.29, 0.717) is 0 Å². The quantitative estimate of drug-likeness (QED) is 0.156. The predicted octanol–water partition coefficient (Wildman–Crippen LogP) is 19.1. The van der Waals surface area contributed by atoms with Crippen molar-refractivity contribution in [3.8, 4) is 27.9 Å². The maximum atomic E-state index is 2.51. The van der Waals surface area contributed by atoms with Gasteiger partial charge in [-0.25, -0.2) is 0 Å². The fourth-order valence-corrected chi connectivity index (χ4v) is 13.3. The van der Waals surface area contributed by atoms with E-state index in [1.54, 1.807) is 0 Å². The van der Waals surface area contributed by atoms with E-state index in [9.17, 15) is 0 Å². The van der Waals surface area contributed by atoms with Crippen molar-refractivity contribution in [3.05, 3.63) is 224 Å². The maximum Gasteiger partial charge on any atom is 0.0619 e. The van der Waals surface area contributed by atoms with Gasteiger partial charge in [-0.3, -0.25) is 0 Å². The highest BCUT2D eigenvalue weighted by Crippen LogP contribution is 2.47. The Morgan fingerprint density at radius 1 is 0.265 bits per heavy atom. The molecular weight excluding hydrogens is 839 g/mol. The molecule has 0 radical (unpaired) electrons. The zero-order chi connectivity index (χ0) is 44.2. The lowest BCUT2D eigenvalue weighted by atomic mass is 9.89. The molecule has 2 heteroatoms. The number of hydrogen-bond acceptors (Lipinski definition) is 1. The maximum absolute atomic E-state index is 2.51. The third-order valence-corrected chi connectivity index (χ3v) is 16.4. The van der Waals surface area contributed by atoms with Crippen LogP contribution in [0.5, 0.6) is 0 Å². The summed E-state index contributed by atoms with van der Waals surface area (Å²) in [5, 5.41) is 25.8. The Labute approximate surface area is 394 Å². The van der Waals surface area contributed by atoms with Crippen LogP contribution in [0.4, 0.5) is 0 Å². The van der Waals surface area contributed by atoms with Crippen LogP contribution in [0.25, 0.3) is 156 Å². The predicted molar refractivity (Wildman–Crippen MR) is 296 cm³/mol. The lowest BCUT2D eigenvalue weighted by Crippen LogP contribution is -1.95. The average molecular weight is 876 g/mol. The molecule has 16 rings (SSSR count). The summed E-state index contributed by atoms with van der Waals surface area (Å²) in [5.74, 6) is 0. The molecule has 68 heavy (non-hydrogen) atoms. The standard InChI is InChI=1S/C66H37NS/c1-2-10-43-34-47(25-18-38(43)8-1)67-59-31-30-54-51-27-22-44(35-56(51)50-14-5-6-15-52(50)64(54)65(59)55-29-19-39-9-3-4-13-49(39)66(55)67)45-23-32-60-57(36-45)58-37-46(24-33-61(58)68-60)48-26-20-42-17-16-40-11-7-12-41-21-28-53(48)63(42)62(40)41/h1-37H. The lowest BCUT2D eigenvalue weighted by molar-refractivity contribution is 1.19. The highest BCUT2D eigenvalue weighted by Gasteiger charge is 2.21. The van der Waals surface area contributed by atoms with E-state index in [1.165, 1.54) is 156 Å². The molecule has 0 aliphatic heterocycles. The van der Waals surface area contributed by atoms with E-state index in [2.05, 4.69) is 229 Å². The number of aromatic nitrogens is 1. The summed E-state index contributed by atoms with van der Waals surface area (Å²) in [6.07, 6.45) is 0. The molecule has 0 aliphatic rings. The number of nitrogens with zero attached hydrogens (tertiary/aromatic N) is 1. The van der Waals surface area contributed by atoms with Gasteiger partial charge in [0, 0.05) is 47.4 Å². The first-order chi connectivity index (χ1) is 33.7. The molecule has 0 aliphatic carbocycles. The summed E-state index contributed by atoms with van der Waals surface area (Å²) in [6, 6.07) is 84.7.